The van der Waals surface area contributed by atoms with Gasteiger partial charge >= 0.3 is 0 Å². The Morgan fingerprint density at radius 1 is 1.71 bits per heavy atom. The molecule has 2 heterocycles. The number of aromatic nitrogens is 2. The van der Waals surface area contributed by atoms with Crippen molar-refractivity contribution in [2.75, 3.05) is 13.2 Å². The molecule has 1 atom stereocenters. The fourth-order valence-corrected chi connectivity index (χ4v) is 1.92. The largest absolute Gasteiger partial charge is 0.381 e. The number of ether oxygens (including phenoxy) is 1. The number of carbonyl (C=O) groups excluding carboxylic acids is 1. The predicted octanol–water partition coefficient (Wildman–Crippen LogP) is 0.946. The Balaban J connectivity index is 1.78. The van der Waals surface area contributed by atoms with Crippen molar-refractivity contribution in [3.63, 3.8) is 0 Å². The molecule has 1 aliphatic rings. The topological polar surface area (TPSA) is 56.2 Å². The van der Waals surface area contributed by atoms with Crippen molar-refractivity contribution in [2.45, 2.75) is 32.9 Å². The van der Waals surface area contributed by atoms with E-state index < -0.39 is 0 Å². The van der Waals surface area contributed by atoms with E-state index in [1.165, 1.54) is 0 Å². The monoisotopic (exact) mass is 237 g/mol. The molecule has 1 N–H and O–H groups in total. The van der Waals surface area contributed by atoms with E-state index >= 15 is 0 Å². The van der Waals surface area contributed by atoms with E-state index in [4.69, 9.17) is 4.74 Å². The van der Waals surface area contributed by atoms with Gasteiger partial charge < -0.3 is 10.1 Å². The first-order chi connectivity index (χ1) is 8.29. The highest BCUT2D eigenvalue weighted by molar-refractivity contribution is 5.78. The Bertz CT molecular complexity index is 370. The van der Waals surface area contributed by atoms with Gasteiger partial charge in [0, 0.05) is 31.5 Å². The second-order valence-electron chi connectivity index (χ2n) is 4.39. The number of nitrogens with one attached hydrogen (secondary N) is 1. The van der Waals surface area contributed by atoms with Gasteiger partial charge in [0.25, 0.3) is 0 Å². The molecule has 0 bridgehead atoms. The normalized spacial score (nSPS) is 19.5. The number of hydrogen-bond donors (Lipinski definition) is 1. The van der Waals surface area contributed by atoms with Crippen molar-refractivity contribution in [2.24, 2.45) is 5.92 Å². The lowest BCUT2D eigenvalue weighted by atomic mass is 10.1. The molecule has 17 heavy (non-hydrogen) atoms. The average molecular weight is 237 g/mol. The molecule has 0 aliphatic carbocycles. The molecule has 1 unspecified atom stereocenters. The van der Waals surface area contributed by atoms with Gasteiger partial charge in [-0.2, -0.15) is 5.10 Å². The minimum Gasteiger partial charge on any atom is -0.381 e. The number of amides is 1. The summed E-state index contributed by atoms with van der Waals surface area (Å²) < 4.78 is 7.09. The third-order valence-corrected chi connectivity index (χ3v) is 2.91. The summed E-state index contributed by atoms with van der Waals surface area (Å²) in [4.78, 5) is 11.7. The van der Waals surface area contributed by atoms with E-state index in [9.17, 15) is 4.79 Å². The van der Waals surface area contributed by atoms with Crippen LogP contribution in [-0.2, 0) is 22.6 Å². The van der Waals surface area contributed by atoms with Crippen molar-refractivity contribution >= 4 is 5.91 Å². The summed E-state index contributed by atoms with van der Waals surface area (Å²) >= 11 is 0. The van der Waals surface area contributed by atoms with Crippen molar-refractivity contribution in [1.82, 2.24) is 15.1 Å². The molecule has 0 saturated carbocycles. The van der Waals surface area contributed by atoms with Crippen LogP contribution < -0.4 is 5.32 Å². The number of carbonyl (C=O) groups is 1. The van der Waals surface area contributed by atoms with Gasteiger partial charge in [0.05, 0.1) is 18.7 Å². The Morgan fingerprint density at radius 3 is 3.29 bits per heavy atom. The lowest BCUT2D eigenvalue weighted by Crippen LogP contribution is -2.30. The van der Waals surface area contributed by atoms with Crippen LogP contribution in [0.5, 0.6) is 0 Å². The molecule has 1 aromatic heterocycles. The molecule has 0 spiro atoms. The molecule has 0 radical (unpaired) electrons. The second-order valence-corrected chi connectivity index (χ2v) is 4.39. The standard InChI is InChI=1S/C12H19N3O2/c1-2-4-15-8-10(7-14-15)6-13-12(16)11-3-5-17-9-11/h7-8,11H,2-6,9H2,1H3,(H,13,16). The minimum atomic E-state index is 0.0284. The Kier molecular flexibility index (Phi) is 4.14. The van der Waals surface area contributed by atoms with Gasteiger partial charge in [-0.25, -0.2) is 0 Å². The van der Waals surface area contributed by atoms with Crippen LogP contribution in [-0.4, -0.2) is 28.9 Å². The average Bonchev–Trinajstić information content (AvgIpc) is 2.97. The zero-order valence-corrected chi connectivity index (χ0v) is 10.2. The van der Waals surface area contributed by atoms with Crippen molar-refractivity contribution in [3.05, 3.63) is 18.0 Å². The SMILES string of the molecule is CCCn1cc(CNC(=O)C2CCOC2)cn1. The van der Waals surface area contributed by atoms with Crippen LogP contribution in [0.4, 0.5) is 0 Å². The maximum Gasteiger partial charge on any atom is 0.225 e. The van der Waals surface area contributed by atoms with Crippen molar-refractivity contribution in [3.8, 4) is 0 Å². The van der Waals surface area contributed by atoms with E-state index in [2.05, 4.69) is 17.3 Å². The van der Waals surface area contributed by atoms with Crippen molar-refractivity contribution in [1.29, 1.82) is 0 Å². The third-order valence-electron chi connectivity index (χ3n) is 2.91. The van der Waals surface area contributed by atoms with Gasteiger partial charge in [0.1, 0.15) is 0 Å². The van der Waals surface area contributed by atoms with Gasteiger partial charge in [-0.3, -0.25) is 9.48 Å². The van der Waals surface area contributed by atoms with Gasteiger partial charge in [-0.15, -0.1) is 0 Å². The summed E-state index contributed by atoms with van der Waals surface area (Å²) in [6, 6.07) is 0. The molecule has 1 aromatic rings. The van der Waals surface area contributed by atoms with Gasteiger partial charge in [0.15, 0.2) is 0 Å². The Labute approximate surface area is 101 Å². The zero-order chi connectivity index (χ0) is 12.1. The summed E-state index contributed by atoms with van der Waals surface area (Å²) in [5, 5.41) is 7.15. The van der Waals surface area contributed by atoms with Crippen LogP contribution >= 0.6 is 0 Å². The van der Waals surface area contributed by atoms with Crippen LogP contribution in [0.2, 0.25) is 0 Å². The minimum absolute atomic E-state index is 0.0284. The van der Waals surface area contributed by atoms with Crippen LogP contribution in [0.25, 0.3) is 0 Å². The highest BCUT2D eigenvalue weighted by Gasteiger charge is 2.22. The molecule has 1 aliphatic heterocycles. The van der Waals surface area contributed by atoms with Crippen LogP contribution in [0.15, 0.2) is 12.4 Å². The summed E-state index contributed by atoms with van der Waals surface area (Å²) in [6.45, 7) is 4.85. The Hall–Kier alpha value is -1.36. The molecule has 94 valence electrons. The summed E-state index contributed by atoms with van der Waals surface area (Å²) in [6.07, 6.45) is 5.68. The van der Waals surface area contributed by atoms with Gasteiger partial charge in [-0.05, 0) is 12.8 Å². The lowest BCUT2D eigenvalue weighted by Gasteiger charge is -2.07. The number of hydrogen-bond acceptors (Lipinski definition) is 3. The molecule has 0 aromatic carbocycles. The molecule has 1 saturated heterocycles. The molecule has 5 nitrogen and oxygen atoms in total. The highest BCUT2D eigenvalue weighted by Crippen LogP contribution is 2.12. The first-order valence-corrected chi connectivity index (χ1v) is 6.16. The molecule has 1 amide bonds. The number of rotatable bonds is 5. The summed E-state index contributed by atoms with van der Waals surface area (Å²) in [5.41, 5.74) is 1.05. The number of aryl methyl sites for hydroxylation is 1. The molecule has 5 heteroatoms. The van der Waals surface area contributed by atoms with E-state index in [0.717, 1.165) is 24.9 Å². The van der Waals surface area contributed by atoms with Gasteiger partial charge in [0.2, 0.25) is 5.91 Å². The van der Waals surface area contributed by atoms with E-state index in [1.807, 2.05) is 10.9 Å². The molecule has 2 rings (SSSR count). The van der Waals surface area contributed by atoms with Crippen LogP contribution in [0.3, 0.4) is 0 Å². The molecular weight excluding hydrogens is 218 g/mol. The molecular formula is C12H19N3O2. The lowest BCUT2D eigenvalue weighted by molar-refractivity contribution is -0.125. The van der Waals surface area contributed by atoms with E-state index in [0.29, 0.717) is 19.8 Å². The zero-order valence-electron chi connectivity index (χ0n) is 10.2. The van der Waals surface area contributed by atoms with E-state index in [1.54, 1.807) is 6.20 Å². The van der Waals surface area contributed by atoms with Crippen molar-refractivity contribution < 1.29 is 9.53 Å². The fraction of sp³-hybridized carbons (Fsp3) is 0.667. The maximum absolute atomic E-state index is 11.7. The fourth-order valence-electron chi connectivity index (χ4n) is 1.92. The van der Waals surface area contributed by atoms with Gasteiger partial charge in [-0.1, -0.05) is 6.92 Å². The summed E-state index contributed by atoms with van der Waals surface area (Å²) in [7, 11) is 0. The third kappa shape index (κ3) is 3.30. The first kappa shape index (κ1) is 12.1. The van der Waals surface area contributed by atoms with E-state index in [-0.39, 0.29) is 11.8 Å². The van der Waals surface area contributed by atoms with Crippen LogP contribution in [0.1, 0.15) is 25.3 Å². The quantitative estimate of drug-likeness (QED) is 0.829. The first-order valence-electron chi connectivity index (χ1n) is 6.16. The smallest absolute Gasteiger partial charge is 0.225 e. The highest BCUT2D eigenvalue weighted by atomic mass is 16.5. The number of nitrogens with zero attached hydrogens (tertiary/aromatic N) is 2. The summed E-state index contributed by atoms with van der Waals surface area (Å²) in [5.74, 6) is 0.117. The maximum atomic E-state index is 11.7. The predicted molar refractivity (Wildman–Crippen MR) is 63.3 cm³/mol. The molecule has 1 fully saturated rings. The Morgan fingerprint density at radius 2 is 2.59 bits per heavy atom. The van der Waals surface area contributed by atoms with Crippen LogP contribution in [0, 0.1) is 5.92 Å². The second kappa shape index (κ2) is 5.82.